The molecule has 0 saturated carbocycles. The second-order valence-electron chi connectivity index (χ2n) is 4.54. The maximum absolute atomic E-state index is 5.56. The quantitative estimate of drug-likeness (QED) is 0.429. The maximum atomic E-state index is 5.56. The first-order valence-corrected chi connectivity index (χ1v) is 7.32. The Morgan fingerprint density at radius 1 is 1.13 bits per heavy atom. The molecule has 0 aliphatic heterocycles. The van der Waals surface area contributed by atoms with E-state index in [-0.39, 0.29) is 5.41 Å². The fourth-order valence-corrected chi connectivity index (χ4v) is 2.64. The highest BCUT2D eigenvalue weighted by Crippen LogP contribution is 2.30. The lowest BCUT2D eigenvalue weighted by Crippen LogP contribution is -2.13. The summed E-state index contributed by atoms with van der Waals surface area (Å²) in [6, 6.07) is 10.4. The summed E-state index contributed by atoms with van der Waals surface area (Å²) in [6.45, 7) is 7.36. The molecule has 1 aromatic carbocycles. The Bertz CT molecular complexity index is 267. The fraction of sp³-hybridized carbons (Fsp3) is 0.500. The molecule has 0 unspecified atom stereocenters. The maximum Gasteiger partial charge on any atom is 0.103 e. The molecule has 0 fully saturated rings. The summed E-state index contributed by atoms with van der Waals surface area (Å²) in [5.41, 5.74) is 0.262. The van der Waals surface area contributed by atoms with E-state index >= 15 is 0 Å². The summed E-state index contributed by atoms with van der Waals surface area (Å²) in [6.07, 6.45) is 0. The van der Waals surface area contributed by atoms with Gasteiger partial charge in [0.2, 0.25) is 0 Å². The first-order valence-electron chi connectivity index (χ1n) is 5.00. The molecule has 0 aliphatic carbocycles. The molecule has 0 atom stereocenters. The summed E-state index contributed by atoms with van der Waals surface area (Å²) >= 11 is 0. The lowest BCUT2D eigenvalue weighted by Gasteiger charge is -2.17. The standard InChI is InChI=1S/C12H18OS2/c1-12(2,3)9-13-10-14-15-11-7-5-4-6-8-11/h4-8H,9-10H2,1-3H3. The van der Waals surface area contributed by atoms with Crippen LogP contribution in [0.2, 0.25) is 0 Å². The van der Waals surface area contributed by atoms with Gasteiger partial charge in [-0.2, -0.15) is 0 Å². The van der Waals surface area contributed by atoms with Crippen molar-refractivity contribution in [1.82, 2.24) is 0 Å². The van der Waals surface area contributed by atoms with Crippen LogP contribution in [0.5, 0.6) is 0 Å². The molecule has 84 valence electrons. The van der Waals surface area contributed by atoms with Gasteiger partial charge in [0.15, 0.2) is 0 Å². The molecular weight excluding hydrogens is 224 g/mol. The lowest BCUT2D eigenvalue weighted by molar-refractivity contribution is 0.106. The van der Waals surface area contributed by atoms with Crippen LogP contribution < -0.4 is 0 Å². The van der Waals surface area contributed by atoms with Gasteiger partial charge in [0.05, 0.1) is 6.61 Å². The Kier molecular flexibility index (Phi) is 5.58. The Hall–Kier alpha value is -0.120. The summed E-state index contributed by atoms with van der Waals surface area (Å²) in [5, 5.41) is 0. The number of hydrogen-bond acceptors (Lipinski definition) is 3. The molecule has 0 saturated heterocycles. The van der Waals surface area contributed by atoms with Gasteiger partial charge in [0.1, 0.15) is 5.94 Å². The third kappa shape index (κ3) is 6.88. The molecule has 0 amide bonds. The van der Waals surface area contributed by atoms with Gasteiger partial charge in [-0.25, -0.2) is 0 Å². The van der Waals surface area contributed by atoms with Gasteiger partial charge in [-0.15, -0.1) is 0 Å². The van der Waals surface area contributed by atoms with E-state index in [0.29, 0.717) is 0 Å². The molecule has 1 aromatic rings. The van der Waals surface area contributed by atoms with E-state index in [2.05, 4.69) is 45.0 Å². The second-order valence-corrected chi connectivity index (χ2v) is 6.86. The van der Waals surface area contributed by atoms with Crippen molar-refractivity contribution in [3.05, 3.63) is 30.3 Å². The van der Waals surface area contributed by atoms with Crippen molar-refractivity contribution in [2.45, 2.75) is 25.7 Å². The van der Waals surface area contributed by atoms with E-state index in [1.165, 1.54) is 4.90 Å². The zero-order valence-corrected chi connectivity index (χ0v) is 11.2. The summed E-state index contributed by atoms with van der Waals surface area (Å²) in [5.74, 6) is 0.747. The van der Waals surface area contributed by atoms with Gasteiger partial charge in [0.25, 0.3) is 0 Å². The Morgan fingerprint density at radius 2 is 1.80 bits per heavy atom. The van der Waals surface area contributed by atoms with Gasteiger partial charge >= 0.3 is 0 Å². The van der Waals surface area contributed by atoms with Crippen LogP contribution in [0.4, 0.5) is 0 Å². The zero-order valence-electron chi connectivity index (χ0n) is 9.53. The molecule has 15 heavy (non-hydrogen) atoms. The topological polar surface area (TPSA) is 9.23 Å². The van der Waals surface area contributed by atoms with Crippen LogP contribution in [0.3, 0.4) is 0 Å². The average Bonchev–Trinajstić information content (AvgIpc) is 2.17. The fourth-order valence-electron chi connectivity index (χ4n) is 0.950. The zero-order chi connectivity index (χ0) is 11.1. The summed E-state index contributed by atoms with van der Waals surface area (Å²) in [7, 11) is 3.50. The molecular formula is C12H18OS2. The molecule has 0 N–H and O–H groups in total. The van der Waals surface area contributed by atoms with Crippen molar-refractivity contribution in [1.29, 1.82) is 0 Å². The van der Waals surface area contributed by atoms with E-state index in [0.717, 1.165) is 12.5 Å². The Balaban J connectivity index is 2.08. The highest BCUT2D eigenvalue weighted by atomic mass is 33.1. The van der Waals surface area contributed by atoms with E-state index in [4.69, 9.17) is 4.74 Å². The van der Waals surface area contributed by atoms with Crippen LogP contribution in [-0.4, -0.2) is 12.5 Å². The van der Waals surface area contributed by atoms with E-state index in [9.17, 15) is 0 Å². The van der Waals surface area contributed by atoms with Gasteiger partial charge in [0, 0.05) is 4.90 Å². The Labute approximate surface area is 100 Å². The first-order chi connectivity index (χ1) is 7.08. The second kappa shape index (κ2) is 6.46. The van der Waals surface area contributed by atoms with Crippen molar-refractivity contribution in [3.63, 3.8) is 0 Å². The van der Waals surface area contributed by atoms with Crippen molar-refractivity contribution >= 4 is 21.6 Å². The van der Waals surface area contributed by atoms with Gasteiger partial charge < -0.3 is 4.74 Å². The third-order valence-electron chi connectivity index (χ3n) is 1.56. The van der Waals surface area contributed by atoms with E-state index in [1.54, 1.807) is 21.6 Å². The van der Waals surface area contributed by atoms with E-state index in [1.807, 2.05) is 6.07 Å². The van der Waals surface area contributed by atoms with Crippen LogP contribution in [0, 0.1) is 5.41 Å². The number of rotatable bonds is 5. The molecule has 0 heterocycles. The molecule has 0 aromatic heterocycles. The highest BCUT2D eigenvalue weighted by Gasteiger charge is 2.09. The monoisotopic (exact) mass is 242 g/mol. The largest absolute Gasteiger partial charge is 0.369 e. The van der Waals surface area contributed by atoms with Crippen molar-refractivity contribution < 1.29 is 4.74 Å². The van der Waals surface area contributed by atoms with Crippen molar-refractivity contribution in [2.24, 2.45) is 5.41 Å². The van der Waals surface area contributed by atoms with Crippen LogP contribution in [0.25, 0.3) is 0 Å². The smallest absolute Gasteiger partial charge is 0.103 e. The average molecular weight is 242 g/mol. The van der Waals surface area contributed by atoms with Crippen LogP contribution in [-0.2, 0) is 4.74 Å². The van der Waals surface area contributed by atoms with Crippen molar-refractivity contribution in [3.8, 4) is 0 Å². The normalized spacial score (nSPS) is 11.7. The lowest BCUT2D eigenvalue weighted by atomic mass is 9.99. The van der Waals surface area contributed by atoms with Gasteiger partial charge in [-0.1, -0.05) is 60.6 Å². The van der Waals surface area contributed by atoms with Gasteiger partial charge in [-0.3, -0.25) is 0 Å². The van der Waals surface area contributed by atoms with Gasteiger partial charge in [-0.05, 0) is 17.5 Å². The van der Waals surface area contributed by atoms with Crippen molar-refractivity contribution in [2.75, 3.05) is 12.5 Å². The van der Waals surface area contributed by atoms with E-state index < -0.39 is 0 Å². The molecule has 0 aliphatic rings. The molecule has 1 nitrogen and oxygen atoms in total. The molecule has 0 spiro atoms. The predicted molar refractivity (Wildman–Crippen MR) is 70.2 cm³/mol. The molecule has 1 rings (SSSR count). The molecule has 0 radical (unpaired) electrons. The van der Waals surface area contributed by atoms with Crippen LogP contribution >= 0.6 is 21.6 Å². The number of hydrogen-bond donors (Lipinski definition) is 0. The van der Waals surface area contributed by atoms with Crippen LogP contribution in [0.15, 0.2) is 35.2 Å². The minimum atomic E-state index is 0.262. The SMILES string of the molecule is CC(C)(C)COCSSc1ccccc1. The molecule has 3 heteroatoms. The van der Waals surface area contributed by atoms with Crippen LogP contribution in [0.1, 0.15) is 20.8 Å². The Morgan fingerprint density at radius 3 is 2.40 bits per heavy atom. The minimum absolute atomic E-state index is 0.262. The molecule has 0 bridgehead atoms. The predicted octanol–water partition coefficient (Wildman–Crippen LogP) is 4.45. The highest BCUT2D eigenvalue weighted by molar-refractivity contribution is 8.76. The third-order valence-corrected chi connectivity index (χ3v) is 3.63. The number of benzene rings is 1. The minimum Gasteiger partial charge on any atom is -0.369 e. The number of ether oxygens (including phenoxy) is 1. The first kappa shape index (κ1) is 12.9. The summed E-state index contributed by atoms with van der Waals surface area (Å²) in [4.78, 5) is 1.28. The summed E-state index contributed by atoms with van der Waals surface area (Å²) < 4.78 is 5.56.